The Morgan fingerprint density at radius 2 is 1.85 bits per heavy atom. The topological polar surface area (TPSA) is 65.0 Å². The van der Waals surface area contributed by atoms with Crippen molar-refractivity contribution in [2.24, 2.45) is 5.92 Å². The predicted octanol–water partition coefficient (Wildman–Crippen LogP) is 5.35. The van der Waals surface area contributed by atoms with E-state index >= 15 is 0 Å². The molecule has 1 heterocycles. The normalized spacial score (nSPS) is 16.4. The van der Waals surface area contributed by atoms with Crippen LogP contribution in [-0.4, -0.2) is 31.4 Å². The van der Waals surface area contributed by atoms with E-state index in [-0.39, 0.29) is 11.0 Å². The predicted molar refractivity (Wildman–Crippen MR) is 103 cm³/mol. The molecular weight excluding hydrogens is 352 g/mol. The first kappa shape index (κ1) is 18.8. The highest BCUT2D eigenvalue weighted by Crippen LogP contribution is 2.45. The second-order valence-corrected chi connectivity index (χ2v) is 7.78. The molecule has 1 aliphatic rings. The molecular formula is C20H26O5S. The van der Waals surface area contributed by atoms with Crippen LogP contribution in [0.15, 0.2) is 12.1 Å². The number of aromatic carboxylic acids is 1. The summed E-state index contributed by atoms with van der Waals surface area (Å²) in [5, 5.41) is 10.5. The fraction of sp³-hybridized carbons (Fsp3) is 0.550. The van der Waals surface area contributed by atoms with Gasteiger partial charge in [0.1, 0.15) is 6.10 Å². The minimum atomic E-state index is -0.961. The van der Waals surface area contributed by atoms with Crippen molar-refractivity contribution in [1.29, 1.82) is 0 Å². The zero-order valence-corrected chi connectivity index (χ0v) is 16.4. The highest BCUT2D eigenvalue weighted by Gasteiger charge is 2.28. The van der Waals surface area contributed by atoms with E-state index < -0.39 is 5.97 Å². The summed E-state index contributed by atoms with van der Waals surface area (Å²) in [5.74, 6) is 1.16. The Hall–Kier alpha value is -1.95. The number of carbonyl (C=O) groups is 1. The number of hydrogen-bond acceptors (Lipinski definition) is 5. The lowest BCUT2D eigenvalue weighted by Crippen LogP contribution is -2.28. The molecule has 0 bridgehead atoms. The first-order valence-corrected chi connectivity index (χ1v) is 9.99. The summed E-state index contributed by atoms with van der Waals surface area (Å²) in [7, 11) is 3.15. The summed E-state index contributed by atoms with van der Waals surface area (Å²) >= 11 is 1.22. The monoisotopic (exact) mass is 378 g/mol. The Morgan fingerprint density at radius 1 is 1.19 bits per heavy atom. The highest BCUT2D eigenvalue weighted by molar-refractivity contribution is 7.21. The van der Waals surface area contributed by atoms with Crippen molar-refractivity contribution in [3.63, 3.8) is 0 Å². The number of ether oxygens (including phenoxy) is 3. The van der Waals surface area contributed by atoms with Crippen molar-refractivity contribution >= 4 is 27.4 Å². The lowest BCUT2D eigenvalue weighted by molar-refractivity contribution is 0.0683. The fourth-order valence-electron chi connectivity index (χ4n) is 3.83. The molecule has 1 aliphatic carbocycles. The average Bonchev–Trinajstić information content (AvgIpc) is 3.03. The zero-order valence-electron chi connectivity index (χ0n) is 15.5. The molecule has 1 aromatic heterocycles. The molecule has 0 saturated heterocycles. The molecule has 1 aromatic carbocycles. The van der Waals surface area contributed by atoms with Gasteiger partial charge < -0.3 is 19.3 Å². The first-order chi connectivity index (χ1) is 12.6. The quantitative estimate of drug-likeness (QED) is 0.703. The Labute approximate surface area is 157 Å². The van der Waals surface area contributed by atoms with Crippen molar-refractivity contribution in [2.75, 3.05) is 14.2 Å². The zero-order chi connectivity index (χ0) is 18.7. The summed E-state index contributed by atoms with van der Waals surface area (Å²) in [5.41, 5.74) is 0. The van der Waals surface area contributed by atoms with E-state index in [9.17, 15) is 9.90 Å². The number of thiophene rings is 1. The summed E-state index contributed by atoms with van der Waals surface area (Å²) in [6.45, 7) is 2.11. The van der Waals surface area contributed by atoms with Crippen LogP contribution in [0.5, 0.6) is 17.2 Å². The summed E-state index contributed by atoms with van der Waals surface area (Å²) in [6, 6.07) is 3.64. The third-order valence-corrected chi connectivity index (χ3v) is 6.31. The number of carboxylic acid groups (broad SMARTS) is 1. The lowest BCUT2D eigenvalue weighted by Gasteiger charge is -2.30. The minimum absolute atomic E-state index is 0.0410. The van der Waals surface area contributed by atoms with Crippen LogP contribution < -0.4 is 14.2 Å². The first-order valence-electron chi connectivity index (χ1n) is 9.17. The van der Waals surface area contributed by atoms with Gasteiger partial charge in [-0.05, 0) is 31.2 Å². The van der Waals surface area contributed by atoms with Crippen molar-refractivity contribution in [1.82, 2.24) is 0 Å². The van der Waals surface area contributed by atoms with E-state index in [1.54, 1.807) is 14.2 Å². The van der Waals surface area contributed by atoms with Crippen LogP contribution in [-0.2, 0) is 0 Å². The molecule has 26 heavy (non-hydrogen) atoms. The van der Waals surface area contributed by atoms with Crippen LogP contribution in [0, 0.1) is 5.92 Å². The van der Waals surface area contributed by atoms with Crippen molar-refractivity contribution in [3.05, 3.63) is 17.0 Å². The molecule has 0 radical (unpaired) electrons. The SMILES string of the molecule is CCC(Oc1c(C(=O)O)sc2cc(OC)c(OC)cc12)C1CCCCC1. The molecule has 5 nitrogen and oxygen atoms in total. The van der Waals surface area contributed by atoms with E-state index in [0.29, 0.717) is 23.2 Å². The molecule has 1 saturated carbocycles. The van der Waals surface area contributed by atoms with Gasteiger partial charge >= 0.3 is 5.97 Å². The number of fused-ring (bicyclic) bond motifs is 1. The second-order valence-electron chi connectivity index (χ2n) is 6.73. The summed E-state index contributed by atoms with van der Waals surface area (Å²) < 4.78 is 17.9. The Morgan fingerprint density at radius 3 is 2.42 bits per heavy atom. The minimum Gasteiger partial charge on any atom is -0.493 e. The number of hydrogen-bond donors (Lipinski definition) is 1. The van der Waals surface area contributed by atoms with Gasteiger partial charge in [0.25, 0.3) is 0 Å². The van der Waals surface area contributed by atoms with Crippen molar-refractivity contribution in [2.45, 2.75) is 51.6 Å². The van der Waals surface area contributed by atoms with E-state index in [1.807, 2.05) is 12.1 Å². The maximum Gasteiger partial charge on any atom is 0.349 e. The van der Waals surface area contributed by atoms with Gasteiger partial charge in [0.05, 0.1) is 14.2 Å². The smallest absolute Gasteiger partial charge is 0.349 e. The standard InChI is InChI=1S/C20H26O5S/c1-4-14(12-8-6-5-7-9-12)25-18-13-10-15(23-2)16(24-3)11-17(13)26-19(18)20(21)22/h10-12,14H,4-9H2,1-3H3,(H,21,22). The van der Waals surface area contributed by atoms with E-state index in [2.05, 4.69) is 6.92 Å². The van der Waals surface area contributed by atoms with Gasteiger partial charge in [-0.25, -0.2) is 4.79 Å². The molecule has 1 N–H and O–H groups in total. The number of rotatable bonds is 7. The Kier molecular flexibility index (Phi) is 5.91. The Bertz CT molecular complexity index is 776. The molecule has 0 spiro atoms. The molecule has 0 aliphatic heterocycles. The summed E-state index contributed by atoms with van der Waals surface area (Å²) in [4.78, 5) is 12.1. The summed E-state index contributed by atoms with van der Waals surface area (Å²) in [6.07, 6.45) is 6.96. The molecule has 1 atom stereocenters. The van der Waals surface area contributed by atoms with Gasteiger partial charge in [-0.15, -0.1) is 11.3 Å². The molecule has 0 amide bonds. The van der Waals surface area contributed by atoms with Gasteiger partial charge in [0.15, 0.2) is 22.1 Å². The van der Waals surface area contributed by atoms with Crippen LogP contribution in [0.25, 0.3) is 10.1 Å². The number of carboxylic acids is 1. The maximum absolute atomic E-state index is 11.8. The number of methoxy groups -OCH3 is 2. The van der Waals surface area contributed by atoms with E-state index in [0.717, 1.165) is 29.3 Å². The average molecular weight is 378 g/mol. The highest BCUT2D eigenvalue weighted by atomic mass is 32.1. The van der Waals surface area contributed by atoms with Gasteiger partial charge in [-0.1, -0.05) is 26.2 Å². The van der Waals surface area contributed by atoms with Crippen LogP contribution in [0.2, 0.25) is 0 Å². The number of benzene rings is 1. The molecule has 1 unspecified atom stereocenters. The molecule has 3 rings (SSSR count). The Balaban J connectivity index is 2.04. The van der Waals surface area contributed by atoms with Crippen LogP contribution >= 0.6 is 11.3 Å². The fourth-order valence-corrected chi connectivity index (χ4v) is 4.81. The van der Waals surface area contributed by atoms with Crippen LogP contribution in [0.1, 0.15) is 55.1 Å². The molecule has 1 fully saturated rings. The third kappa shape index (κ3) is 3.61. The molecule has 6 heteroatoms. The van der Waals surface area contributed by atoms with Gasteiger partial charge in [0, 0.05) is 16.2 Å². The second kappa shape index (κ2) is 8.16. The van der Waals surface area contributed by atoms with Crippen LogP contribution in [0.3, 0.4) is 0 Å². The van der Waals surface area contributed by atoms with E-state index in [4.69, 9.17) is 14.2 Å². The third-order valence-electron chi connectivity index (χ3n) is 5.19. The maximum atomic E-state index is 11.8. The van der Waals surface area contributed by atoms with E-state index in [1.165, 1.54) is 30.6 Å². The van der Waals surface area contributed by atoms with Crippen molar-refractivity contribution in [3.8, 4) is 17.2 Å². The molecule has 2 aromatic rings. The van der Waals surface area contributed by atoms with Crippen molar-refractivity contribution < 1.29 is 24.1 Å². The molecule has 142 valence electrons. The largest absolute Gasteiger partial charge is 0.493 e. The lowest BCUT2D eigenvalue weighted by atomic mass is 9.84. The van der Waals surface area contributed by atoms with Gasteiger partial charge in [-0.2, -0.15) is 0 Å². The van der Waals surface area contributed by atoms with Gasteiger partial charge in [0.2, 0.25) is 0 Å². The van der Waals surface area contributed by atoms with Gasteiger partial charge in [-0.3, -0.25) is 0 Å². The van der Waals surface area contributed by atoms with Crippen LogP contribution in [0.4, 0.5) is 0 Å².